The molecule has 1 aromatic rings. The van der Waals surface area contributed by atoms with Gasteiger partial charge in [-0.05, 0) is 75.4 Å². The number of ether oxygens (including phenoxy) is 1. The van der Waals surface area contributed by atoms with Gasteiger partial charge in [0.15, 0.2) is 0 Å². The average molecular weight is 291 g/mol. The quantitative estimate of drug-likeness (QED) is 0.905. The molecule has 1 aliphatic rings. The van der Waals surface area contributed by atoms with Gasteiger partial charge in [0.25, 0.3) is 0 Å². The molecule has 21 heavy (non-hydrogen) atoms. The number of likely N-dealkylation sites (tertiary alicyclic amines) is 1. The normalized spacial score (nSPS) is 18.7. The van der Waals surface area contributed by atoms with E-state index in [-0.39, 0.29) is 0 Å². The van der Waals surface area contributed by atoms with Crippen molar-refractivity contribution in [3.8, 4) is 5.75 Å². The first-order chi connectivity index (χ1) is 9.95. The van der Waals surface area contributed by atoms with Gasteiger partial charge < -0.3 is 14.7 Å². The molecule has 1 saturated heterocycles. The monoisotopic (exact) mass is 291 g/mol. The van der Waals surface area contributed by atoms with Crippen molar-refractivity contribution in [2.24, 2.45) is 5.92 Å². The van der Waals surface area contributed by atoms with Gasteiger partial charge in [-0.25, -0.2) is 0 Å². The van der Waals surface area contributed by atoms with Crippen LogP contribution in [-0.4, -0.2) is 42.4 Å². The first kappa shape index (κ1) is 16.3. The first-order valence-corrected chi connectivity index (χ1v) is 8.06. The molecule has 0 amide bonds. The minimum Gasteiger partial charge on any atom is -0.491 e. The van der Waals surface area contributed by atoms with Crippen LogP contribution < -0.4 is 4.74 Å². The minimum absolute atomic E-state index is 0.371. The zero-order chi connectivity index (χ0) is 15.4. The number of β-amino-alcohol motifs (C(OH)–C–C–N with tert-alkyl or cyclic N) is 1. The van der Waals surface area contributed by atoms with Gasteiger partial charge in [-0.15, -0.1) is 0 Å². The summed E-state index contributed by atoms with van der Waals surface area (Å²) in [6.07, 6.45) is 2.06. The van der Waals surface area contributed by atoms with E-state index in [1.165, 1.54) is 29.5 Å². The van der Waals surface area contributed by atoms with Gasteiger partial charge in [0.2, 0.25) is 0 Å². The molecule has 0 aliphatic carbocycles. The second kappa shape index (κ2) is 7.28. The lowest BCUT2D eigenvalue weighted by atomic mass is 9.99. The summed E-state index contributed by atoms with van der Waals surface area (Å²) >= 11 is 0. The number of hydrogen-bond donors (Lipinski definition) is 1. The fourth-order valence-corrected chi connectivity index (χ4v) is 2.93. The number of aryl methyl sites for hydroxylation is 2. The number of benzene rings is 1. The minimum atomic E-state index is -0.418. The first-order valence-electron chi connectivity index (χ1n) is 8.06. The fourth-order valence-electron chi connectivity index (χ4n) is 2.93. The lowest BCUT2D eigenvalue weighted by Crippen LogP contribution is -2.40. The highest BCUT2D eigenvalue weighted by molar-refractivity contribution is 5.41. The molecule has 1 aliphatic heterocycles. The Bertz CT molecular complexity index is 465. The summed E-state index contributed by atoms with van der Waals surface area (Å²) in [6, 6.07) is 4.21. The molecule has 2 rings (SSSR count). The van der Waals surface area contributed by atoms with E-state index in [9.17, 15) is 5.11 Å². The largest absolute Gasteiger partial charge is 0.491 e. The van der Waals surface area contributed by atoms with Gasteiger partial charge >= 0.3 is 0 Å². The molecule has 1 aromatic carbocycles. The molecule has 0 spiro atoms. The smallest absolute Gasteiger partial charge is 0.122 e. The molecule has 1 N–H and O–H groups in total. The molecule has 0 bridgehead atoms. The number of nitrogens with zero attached hydrogens (tertiary/aromatic N) is 1. The maximum absolute atomic E-state index is 10.2. The summed E-state index contributed by atoms with van der Waals surface area (Å²) < 4.78 is 5.85. The van der Waals surface area contributed by atoms with Crippen LogP contribution in [0.1, 0.15) is 36.5 Å². The van der Waals surface area contributed by atoms with Crippen molar-refractivity contribution in [2.45, 2.75) is 46.6 Å². The highest BCUT2D eigenvalue weighted by Crippen LogP contribution is 2.23. The molecule has 3 nitrogen and oxygen atoms in total. The van der Waals surface area contributed by atoms with Gasteiger partial charge in [0.1, 0.15) is 18.5 Å². The maximum Gasteiger partial charge on any atom is 0.122 e. The van der Waals surface area contributed by atoms with Crippen LogP contribution in [0.2, 0.25) is 0 Å². The molecule has 0 saturated carbocycles. The van der Waals surface area contributed by atoms with Gasteiger partial charge in [-0.2, -0.15) is 0 Å². The van der Waals surface area contributed by atoms with Crippen molar-refractivity contribution in [2.75, 3.05) is 26.2 Å². The molecule has 0 radical (unpaired) electrons. The third-order valence-electron chi connectivity index (χ3n) is 4.54. The Morgan fingerprint density at radius 2 is 1.90 bits per heavy atom. The number of hydrogen-bond acceptors (Lipinski definition) is 3. The van der Waals surface area contributed by atoms with E-state index in [1.54, 1.807) is 0 Å². The number of aliphatic hydroxyl groups is 1. The van der Waals surface area contributed by atoms with Gasteiger partial charge in [-0.1, -0.05) is 13.0 Å². The second-order valence-corrected chi connectivity index (χ2v) is 6.65. The zero-order valence-electron chi connectivity index (χ0n) is 13.9. The topological polar surface area (TPSA) is 32.7 Å². The van der Waals surface area contributed by atoms with Crippen molar-refractivity contribution in [3.05, 3.63) is 28.8 Å². The van der Waals surface area contributed by atoms with Crippen molar-refractivity contribution >= 4 is 0 Å². The Balaban J connectivity index is 1.82. The Morgan fingerprint density at radius 1 is 1.24 bits per heavy atom. The second-order valence-electron chi connectivity index (χ2n) is 6.65. The van der Waals surface area contributed by atoms with Gasteiger partial charge in [0.05, 0.1) is 0 Å². The van der Waals surface area contributed by atoms with E-state index < -0.39 is 6.10 Å². The van der Waals surface area contributed by atoms with Gasteiger partial charge in [0, 0.05) is 6.54 Å². The highest BCUT2D eigenvalue weighted by Gasteiger charge is 2.18. The molecular weight excluding hydrogens is 262 g/mol. The molecule has 0 aromatic heterocycles. The third kappa shape index (κ3) is 4.72. The van der Waals surface area contributed by atoms with E-state index in [2.05, 4.69) is 44.7 Å². The Hall–Kier alpha value is -1.06. The molecule has 1 atom stereocenters. The van der Waals surface area contributed by atoms with Crippen molar-refractivity contribution in [3.63, 3.8) is 0 Å². The Labute approximate surface area is 128 Å². The molecule has 118 valence electrons. The van der Waals surface area contributed by atoms with Crippen LogP contribution in [0, 0.1) is 26.7 Å². The number of aliphatic hydroxyl groups excluding tert-OH is 1. The van der Waals surface area contributed by atoms with E-state index in [0.717, 1.165) is 31.3 Å². The molecule has 1 fully saturated rings. The van der Waals surface area contributed by atoms with E-state index >= 15 is 0 Å². The molecule has 1 heterocycles. The van der Waals surface area contributed by atoms with E-state index in [0.29, 0.717) is 6.61 Å². The highest BCUT2D eigenvalue weighted by atomic mass is 16.5. The summed E-state index contributed by atoms with van der Waals surface area (Å²) in [7, 11) is 0. The lowest BCUT2D eigenvalue weighted by molar-refractivity contribution is 0.0561. The number of rotatable bonds is 5. The van der Waals surface area contributed by atoms with Crippen LogP contribution in [0.4, 0.5) is 0 Å². The summed E-state index contributed by atoms with van der Waals surface area (Å²) in [4.78, 5) is 2.35. The summed E-state index contributed by atoms with van der Waals surface area (Å²) in [6.45, 7) is 11.8. The predicted molar refractivity (Wildman–Crippen MR) is 87.0 cm³/mol. The Morgan fingerprint density at radius 3 is 2.57 bits per heavy atom. The molecule has 0 unspecified atom stereocenters. The lowest BCUT2D eigenvalue weighted by Gasteiger charge is -2.31. The molecule has 3 heteroatoms. The van der Waals surface area contributed by atoms with Crippen molar-refractivity contribution < 1.29 is 9.84 Å². The Kier molecular flexibility index (Phi) is 5.65. The summed E-state index contributed by atoms with van der Waals surface area (Å²) in [5.74, 6) is 1.73. The molecular formula is C18H29NO2. The van der Waals surface area contributed by atoms with Gasteiger partial charge in [-0.3, -0.25) is 0 Å². The van der Waals surface area contributed by atoms with Crippen molar-refractivity contribution in [1.29, 1.82) is 0 Å². The number of piperidine rings is 1. The zero-order valence-corrected chi connectivity index (χ0v) is 13.9. The van der Waals surface area contributed by atoms with Crippen LogP contribution in [0.3, 0.4) is 0 Å². The third-order valence-corrected chi connectivity index (χ3v) is 4.54. The summed E-state index contributed by atoms with van der Waals surface area (Å²) in [5.41, 5.74) is 3.61. The summed E-state index contributed by atoms with van der Waals surface area (Å²) in [5, 5.41) is 10.2. The average Bonchev–Trinajstić information content (AvgIpc) is 2.44. The van der Waals surface area contributed by atoms with E-state index in [4.69, 9.17) is 4.74 Å². The SMILES string of the molecule is Cc1cc(C)c(C)c(OC[C@H](O)CN2CCC(C)CC2)c1. The van der Waals surface area contributed by atoms with Crippen LogP contribution in [-0.2, 0) is 0 Å². The van der Waals surface area contributed by atoms with Crippen LogP contribution in [0.15, 0.2) is 12.1 Å². The predicted octanol–water partition coefficient (Wildman–Crippen LogP) is 3.08. The fraction of sp³-hybridized carbons (Fsp3) is 0.667. The van der Waals surface area contributed by atoms with Crippen molar-refractivity contribution in [1.82, 2.24) is 4.90 Å². The standard InChI is InChI=1S/C18H29NO2/c1-13-5-7-19(8-6-13)11-17(20)12-21-18-10-14(2)9-15(3)16(18)4/h9-10,13,17,20H,5-8,11-12H2,1-4H3/t17-/m1/s1. The van der Waals surface area contributed by atoms with Crippen LogP contribution in [0.25, 0.3) is 0 Å². The van der Waals surface area contributed by atoms with Crippen LogP contribution in [0.5, 0.6) is 5.75 Å². The van der Waals surface area contributed by atoms with Crippen LogP contribution >= 0.6 is 0 Å². The maximum atomic E-state index is 10.2. The van der Waals surface area contributed by atoms with E-state index in [1.807, 2.05) is 0 Å².